The fourth-order valence-electron chi connectivity index (χ4n) is 2.76. The standard InChI is InChI=1S/C19H32N4O2.HI/c1-4-20-19(21-11-7-8-12-23(5-2)6-3)22-14-16-9-10-17-18(13-16)25-15-24-17;/h9-10,13H,4-8,11-12,14-15H2,1-3H3,(H2,20,21,22);1H. The van der Waals surface area contributed by atoms with Gasteiger partial charge in [0.2, 0.25) is 6.79 Å². The van der Waals surface area contributed by atoms with E-state index in [1.54, 1.807) is 0 Å². The molecule has 0 spiro atoms. The Morgan fingerprint density at radius 1 is 1.08 bits per heavy atom. The maximum absolute atomic E-state index is 5.42. The van der Waals surface area contributed by atoms with Gasteiger partial charge in [-0.1, -0.05) is 19.9 Å². The van der Waals surface area contributed by atoms with Crippen LogP contribution in [-0.2, 0) is 6.54 Å². The van der Waals surface area contributed by atoms with Crippen LogP contribution in [0.3, 0.4) is 0 Å². The number of hydrogen-bond acceptors (Lipinski definition) is 4. The SMILES string of the molecule is CCNC(=NCc1ccc2c(c1)OCO2)NCCCCN(CC)CC.I. The summed E-state index contributed by atoms with van der Waals surface area (Å²) in [5, 5.41) is 6.72. The molecule has 0 atom stereocenters. The van der Waals surface area contributed by atoms with Gasteiger partial charge in [-0.05, 0) is 57.1 Å². The molecule has 0 bridgehead atoms. The molecule has 6 nitrogen and oxygen atoms in total. The fourth-order valence-corrected chi connectivity index (χ4v) is 2.76. The molecule has 0 aliphatic carbocycles. The van der Waals surface area contributed by atoms with Gasteiger partial charge in [-0.25, -0.2) is 4.99 Å². The molecule has 26 heavy (non-hydrogen) atoms. The summed E-state index contributed by atoms with van der Waals surface area (Å²) >= 11 is 0. The molecule has 0 unspecified atom stereocenters. The number of rotatable bonds is 10. The summed E-state index contributed by atoms with van der Waals surface area (Å²) in [5.74, 6) is 2.48. The van der Waals surface area contributed by atoms with Crippen LogP contribution >= 0.6 is 24.0 Å². The van der Waals surface area contributed by atoms with Crippen LogP contribution in [0.25, 0.3) is 0 Å². The number of unbranched alkanes of at least 4 members (excludes halogenated alkanes) is 1. The molecule has 1 aliphatic heterocycles. The lowest BCUT2D eigenvalue weighted by Crippen LogP contribution is -2.38. The Morgan fingerprint density at radius 2 is 1.85 bits per heavy atom. The number of guanidine groups is 1. The molecule has 0 amide bonds. The normalized spacial score (nSPS) is 12.8. The summed E-state index contributed by atoms with van der Waals surface area (Å²) in [6.45, 7) is 12.7. The third-order valence-electron chi connectivity index (χ3n) is 4.29. The summed E-state index contributed by atoms with van der Waals surface area (Å²) in [7, 11) is 0. The van der Waals surface area contributed by atoms with Crippen LogP contribution in [0.5, 0.6) is 11.5 Å². The zero-order valence-corrected chi connectivity index (χ0v) is 18.5. The molecule has 0 aromatic heterocycles. The predicted octanol–water partition coefficient (Wildman–Crippen LogP) is 3.21. The van der Waals surface area contributed by atoms with Gasteiger partial charge < -0.3 is 25.0 Å². The van der Waals surface area contributed by atoms with Gasteiger partial charge in [-0.2, -0.15) is 0 Å². The Hall–Kier alpha value is -1.22. The van der Waals surface area contributed by atoms with E-state index in [1.165, 1.54) is 13.0 Å². The van der Waals surface area contributed by atoms with E-state index >= 15 is 0 Å². The molecule has 1 aromatic carbocycles. The van der Waals surface area contributed by atoms with Gasteiger partial charge in [0.1, 0.15) is 0 Å². The number of hydrogen-bond donors (Lipinski definition) is 2. The predicted molar refractivity (Wildman–Crippen MR) is 118 cm³/mol. The number of nitrogens with one attached hydrogen (secondary N) is 2. The molecule has 0 fully saturated rings. The van der Waals surface area contributed by atoms with E-state index in [0.29, 0.717) is 13.3 Å². The first-order chi connectivity index (χ1) is 12.3. The molecule has 1 heterocycles. The maximum atomic E-state index is 5.42. The van der Waals surface area contributed by atoms with E-state index in [4.69, 9.17) is 9.47 Å². The highest BCUT2D eigenvalue weighted by atomic mass is 127. The lowest BCUT2D eigenvalue weighted by Gasteiger charge is -2.18. The molecule has 2 N–H and O–H groups in total. The largest absolute Gasteiger partial charge is 0.454 e. The Labute approximate surface area is 174 Å². The van der Waals surface area contributed by atoms with Gasteiger partial charge in [0, 0.05) is 13.1 Å². The van der Waals surface area contributed by atoms with E-state index in [0.717, 1.165) is 55.6 Å². The second-order valence-corrected chi connectivity index (χ2v) is 6.04. The van der Waals surface area contributed by atoms with E-state index in [9.17, 15) is 0 Å². The number of fused-ring (bicyclic) bond motifs is 1. The fraction of sp³-hybridized carbons (Fsp3) is 0.632. The van der Waals surface area contributed by atoms with Crippen LogP contribution in [0.1, 0.15) is 39.2 Å². The van der Waals surface area contributed by atoms with Crippen molar-refractivity contribution in [2.45, 2.75) is 40.2 Å². The number of nitrogens with zero attached hydrogens (tertiary/aromatic N) is 2. The van der Waals surface area contributed by atoms with Crippen molar-refractivity contribution in [1.82, 2.24) is 15.5 Å². The average molecular weight is 476 g/mol. The number of benzene rings is 1. The van der Waals surface area contributed by atoms with Crippen LogP contribution in [-0.4, -0.2) is 50.4 Å². The van der Waals surface area contributed by atoms with Crippen LogP contribution in [0.2, 0.25) is 0 Å². The summed E-state index contributed by atoms with van der Waals surface area (Å²) in [5.41, 5.74) is 1.11. The van der Waals surface area contributed by atoms with Gasteiger partial charge in [0.05, 0.1) is 6.54 Å². The monoisotopic (exact) mass is 476 g/mol. The number of halogens is 1. The maximum Gasteiger partial charge on any atom is 0.231 e. The Morgan fingerprint density at radius 3 is 2.58 bits per heavy atom. The van der Waals surface area contributed by atoms with Crippen molar-refractivity contribution in [2.24, 2.45) is 4.99 Å². The molecule has 0 saturated heterocycles. The van der Waals surface area contributed by atoms with Crippen molar-refractivity contribution in [1.29, 1.82) is 0 Å². The molecule has 0 saturated carbocycles. The van der Waals surface area contributed by atoms with Crippen LogP contribution in [0.15, 0.2) is 23.2 Å². The molecule has 7 heteroatoms. The Bertz CT molecular complexity index is 550. The van der Waals surface area contributed by atoms with Gasteiger partial charge >= 0.3 is 0 Å². The first kappa shape index (κ1) is 22.8. The minimum absolute atomic E-state index is 0. The minimum atomic E-state index is 0. The summed E-state index contributed by atoms with van der Waals surface area (Å²) in [6, 6.07) is 5.98. The summed E-state index contributed by atoms with van der Waals surface area (Å²) in [4.78, 5) is 7.12. The zero-order valence-electron chi connectivity index (χ0n) is 16.2. The molecular weight excluding hydrogens is 443 g/mol. The van der Waals surface area contributed by atoms with Crippen LogP contribution < -0.4 is 20.1 Å². The van der Waals surface area contributed by atoms with E-state index in [-0.39, 0.29) is 24.0 Å². The first-order valence-electron chi connectivity index (χ1n) is 9.39. The molecule has 0 radical (unpaired) electrons. The molecular formula is C19H33IN4O2. The van der Waals surface area contributed by atoms with Gasteiger partial charge in [-0.3, -0.25) is 0 Å². The van der Waals surface area contributed by atoms with E-state index < -0.39 is 0 Å². The van der Waals surface area contributed by atoms with Crippen LogP contribution in [0.4, 0.5) is 0 Å². The molecule has 2 rings (SSSR count). The number of aliphatic imine (C=N–C) groups is 1. The first-order valence-corrected chi connectivity index (χ1v) is 9.39. The van der Waals surface area contributed by atoms with Crippen molar-refractivity contribution >= 4 is 29.9 Å². The van der Waals surface area contributed by atoms with Crippen molar-refractivity contribution in [2.75, 3.05) is 39.5 Å². The van der Waals surface area contributed by atoms with E-state index in [2.05, 4.69) is 41.3 Å². The third-order valence-corrected chi connectivity index (χ3v) is 4.29. The van der Waals surface area contributed by atoms with Crippen molar-refractivity contribution in [3.05, 3.63) is 23.8 Å². The van der Waals surface area contributed by atoms with Crippen molar-refractivity contribution < 1.29 is 9.47 Å². The van der Waals surface area contributed by atoms with Crippen molar-refractivity contribution in [3.63, 3.8) is 0 Å². The van der Waals surface area contributed by atoms with Gasteiger partial charge in [0.15, 0.2) is 17.5 Å². The smallest absolute Gasteiger partial charge is 0.231 e. The topological polar surface area (TPSA) is 58.1 Å². The lowest BCUT2D eigenvalue weighted by atomic mass is 10.2. The highest BCUT2D eigenvalue weighted by Gasteiger charge is 2.12. The quantitative estimate of drug-likeness (QED) is 0.235. The summed E-state index contributed by atoms with van der Waals surface area (Å²) < 4.78 is 10.8. The molecule has 148 valence electrons. The van der Waals surface area contributed by atoms with Gasteiger partial charge in [-0.15, -0.1) is 24.0 Å². The second-order valence-electron chi connectivity index (χ2n) is 6.04. The number of ether oxygens (including phenoxy) is 2. The molecule has 1 aromatic rings. The third kappa shape index (κ3) is 7.57. The van der Waals surface area contributed by atoms with Crippen molar-refractivity contribution in [3.8, 4) is 11.5 Å². The lowest BCUT2D eigenvalue weighted by molar-refractivity contribution is 0.174. The molecule has 1 aliphatic rings. The van der Waals surface area contributed by atoms with Crippen LogP contribution in [0, 0.1) is 0 Å². The zero-order chi connectivity index (χ0) is 17.9. The minimum Gasteiger partial charge on any atom is -0.454 e. The Balaban J connectivity index is 0.00000338. The highest BCUT2D eigenvalue weighted by molar-refractivity contribution is 14.0. The Kier molecular flexibility index (Phi) is 11.4. The van der Waals surface area contributed by atoms with E-state index in [1.807, 2.05) is 18.2 Å². The average Bonchev–Trinajstić information content (AvgIpc) is 3.10. The summed E-state index contributed by atoms with van der Waals surface area (Å²) in [6.07, 6.45) is 2.35. The van der Waals surface area contributed by atoms with Gasteiger partial charge in [0.25, 0.3) is 0 Å². The highest BCUT2D eigenvalue weighted by Crippen LogP contribution is 2.32. The second kappa shape index (κ2) is 13.0.